The van der Waals surface area contributed by atoms with Gasteiger partial charge in [0, 0.05) is 42.8 Å². The Balaban J connectivity index is 1.29. The van der Waals surface area contributed by atoms with Crippen molar-refractivity contribution in [2.24, 2.45) is 0 Å². The lowest BCUT2D eigenvalue weighted by Gasteiger charge is -2.29. The minimum atomic E-state index is -0.272. The first kappa shape index (κ1) is 22.0. The van der Waals surface area contributed by atoms with Crippen molar-refractivity contribution < 1.29 is 9.53 Å². The van der Waals surface area contributed by atoms with Crippen LogP contribution in [0.5, 0.6) is 0 Å². The van der Waals surface area contributed by atoms with Gasteiger partial charge in [0.1, 0.15) is 0 Å². The molecule has 3 aromatic rings. The molecule has 1 atom stereocenters. The lowest BCUT2D eigenvalue weighted by Crippen LogP contribution is -2.39. The van der Waals surface area contributed by atoms with Crippen LogP contribution in [0.4, 0.5) is 11.4 Å². The van der Waals surface area contributed by atoms with Gasteiger partial charge in [0.25, 0.3) is 0 Å². The number of benzene rings is 2. The molecular formula is C25H31N5O2. The fourth-order valence-corrected chi connectivity index (χ4v) is 3.79. The van der Waals surface area contributed by atoms with Crippen LogP contribution in [0.1, 0.15) is 18.1 Å². The van der Waals surface area contributed by atoms with Crippen molar-refractivity contribution >= 4 is 17.3 Å². The third-order valence-electron chi connectivity index (χ3n) is 5.86. The maximum Gasteiger partial charge on any atom is 0.241 e. The number of carbonyl (C=O) groups is 1. The summed E-state index contributed by atoms with van der Waals surface area (Å²) in [6, 6.07) is 18.0. The Morgan fingerprint density at radius 1 is 1.09 bits per heavy atom. The molecular weight excluding hydrogens is 402 g/mol. The second-order valence-corrected chi connectivity index (χ2v) is 8.26. The fraction of sp³-hybridized carbons (Fsp3) is 0.360. The summed E-state index contributed by atoms with van der Waals surface area (Å²) in [5, 5.41) is 7.49. The number of amides is 1. The van der Waals surface area contributed by atoms with E-state index in [4.69, 9.17) is 4.74 Å². The zero-order valence-electron chi connectivity index (χ0n) is 18.8. The normalized spacial score (nSPS) is 15.0. The second kappa shape index (κ2) is 10.4. The van der Waals surface area contributed by atoms with Crippen molar-refractivity contribution in [1.82, 2.24) is 14.7 Å². The predicted molar refractivity (Wildman–Crippen MR) is 127 cm³/mol. The maximum absolute atomic E-state index is 12.8. The standard InChI is InChI=1S/C25H31N5O2/c1-20(25(31)27-23-8-10-24(11-9-23)29-12-14-32-15-13-29)28(2)17-22-16-26-30(19-22)18-21-6-4-3-5-7-21/h3-11,16,19-20H,12-15,17-18H2,1-2H3,(H,27,31)/t20-/m0/s1. The molecule has 1 saturated heterocycles. The molecule has 2 heterocycles. The molecule has 0 saturated carbocycles. The first-order valence-corrected chi connectivity index (χ1v) is 11.1. The fourth-order valence-electron chi connectivity index (χ4n) is 3.79. The van der Waals surface area contributed by atoms with Gasteiger partial charge >= 0.3 is 0 Å². The van der Waals surface area contributed by atoms with Crippen LogP contribution < -0.4 is 10.2 Å². The highest BCUT2D eigenvalue weighted by molar-refractivity contribution is 5.94. The number of nitrogens with one attached hydrogen (secondary N) is 1. The Labute approximate surface area is 189 Å². The van der Waals surface area contributed by atoms with Crippen LogP contribution >= 0.6 is 0 Å². The number of hydrogen-bond acceptors (Lipinski definition) is 5. The molecule has 0 unspecified atom stereocenters. The Morgan fingerprint density at radius 3 is 2.53 bits per heavy atom. The van der Waals surface area contributed by atoms with E-state index in [1.165, 1.54) is 5.56 Å². The highest BCUT2D eigenvalue weighted by Gasteiger charge is 2.19. The van der Waals surface area contributed by atoms with E-state index in [0.29, 0.717) is 6.54 Å². The van der Waals surface area contributed by atoms with Crippen LogP contribution in [-0.4, -0.2) is 60.0 Å². The molecule has 4 rings (SSSR count). The number of hydrogen-bond donors (Lipinski definition) is 1. The third kappa shape index (κ3) is 5.75. The minimum absolute atomic E-state index is 0.0247. The minimum Gasteiger partial charge on any atom is -0.378 e. The number of likely N-dealkylation sites (N-methyl/N-ethyl adjacent to an activating group) is 1. The van der Waals surface area contributed by atoms with Crippen LogP contribution in [0, 0.1) is 0 Å². The van der Waals surface area contributed by atoms with Crippen LogP contribution in [0.3, 0.4) is 0 Å². The number of anilines is 2. The van der Waals surface area contributed by atoms with Gasteiger partial charge in [0.05, 0.1) is 32.0 Å². The maximum atomic E-state index is 12.8. The first-order valence-electron chi connectivity index (χ1n) is 11.1. The van der Waals surface area contributed by atoms with Gasteiger partial charge in [-0.15, -0.1) is 0 Å². The molecule has 7 heteroatoms. The van der Waals surface area contributed by atoms with Gasteiger partial charge in [0.2, 0.25) is 5.91 Å². The number of nitrogens with zero attached hydrogens (tertiary/aromatic N) is 4. The SMILES string of the molecule is C[C@@H](C(=O)Nc1ccc(N2CCOCC2)cc1)N(C)Cc1cnn(Cc2ccccc2)c1. The lowest BCUT2D eigenvalue weighted by atomic mass is 10.2. The summed E-state index contributed by atoms with van der Waals surface area (Å²) in [4.78, 5) is 17.1. The molecule has 1 aliphatic heterocycles. The summed E-state index contributed by atoms with van der Waals surface area (Å²) in [6.45, 7) is 6.62. The molecule has 1 aromatic heterocycles. The number of carbonyl (C=O) groups excluding carboxylic acids is 1. The van der Waals surface area contributed by atoms with E-state index in [1.807, 2.05) is 66.3 Å². The van der Waals surface area contributed by atoms with Crippen molar-refractivity contribution in [2.45, 2.75) is 26.1 Å². The van der Waals surface area contributed by atoms with Crippen molar-refractivity contribution in [3.05, 3.63) is 78.1 Å². The first-order chi connectivity index (χ1) is 15.6. The Kier molecular flexibility index (Phi) is 7.19. The molecule has 1 fully saturated rings. The molecule has 1 amide bonds. The van der Waals surface area contributed by atoms with Gasteiger partial charge in [0.15, 0.2) is 0 Å². The summed E-state index contributed by atoms with van der Waals surface area (Å²) < 4.78 is 7.34. The number of rotatable bonds is 8. The van der Waals surface area contributed by atoms with E-state index in [2.05, 4.69) is 39.6 Å². The smallest absolute Gasteiger partial charge is 0.241 e. The molecule has 0 radical (unpaired) electrons. The zero-order valence-corrected chi connectivity index (χ0v) is 18.8. The van der Waals surface area contributed by atoms with Gasteiger partial charge in [-0.05, 0) is 43.8 Å². The summed E-state index contributed by atoms with van der Waals surface area (Å²) in [5.74, 6) is -0.0247. The Hall–Kier alpha value is -3.16. The van der Waals surface area contributed by atoms with Crippen molar-refractivity contribution in [1.29, 1.82) is 0 Å². The molecule has 7 nitrogen and oxygen atoms in total. The van der Waals surface area contributed by atoms with E-state index >= 15 is 0 Å². The molecule has 1 N–H and O–H groups in total. The summed E-state index contributed by atoms with van der Waals surface area (Å²) >= 11 is 0. The van der Waals surface area contributed by atoms with Gasteiger partial charge in [-0.1, -0.05) is 30.3 Å². The molecule has 0 bridgehead atoms. The number of aromatic nitrogens is 2. The average Bonchev–Trinajstić information content (AvgIpc) is 3.26. The van der Waals surface area contributed by atoms with E-state index in [9.17, 15) is 4.79 Å². The van der Waals surface area contributed by atoms with Crippen LogP contribution in [-0.2, 0) is 22.6 Å². The van der Waals surface area contributed by atoms with Crippen molar-refractivity contribution in [3.63, 3.8) is 0 Å². The number of morpholine rings is 1. The summed E-state index contributed by atoms with van der Waals surface area (Å²) in [6.07, 6.45) is 3.91. The van der Waals surface area contributed by atoms with Crippen LogP contribution in [0.15, 0.2) is 67.0 Å². The van der Waals surface area contributed by atoms with E-state index in [-0.39, 0.29) is 11.9 Å². The summed E-state index contributed by atoms with van der Waals surface area (Å²) in [7, 11) is 1.96. The van der Waals surface area contributed by atoms with Crippen molar-refractivity contribution in [2.75, 3.05) is 43.6 Å². The van der Waals surface area contributed by atoms with Gasteiger partial charge in [-0.25, -0.2) is 0 Å². The predicted octanol–water partition coefficient (Wildman–Crippen LogP) is 3.23. The highest BCUT2D eigenvalue weighted by atomic mass is 16.5. The van der Waals surface area contributed by atoms with E-state index < -0.39 is 0 Å². The van der Waals surface area contributed by atoms with E-state index in [0.717, 1.165) is 49.8 Å². The number of ether oxygens (including phenoxy) is 1. The highest BCUT2D eigenvalue weighted by Crippen LogP contribution is 2.19. The summed E-state index contributed by atoms with van der Waals surface area (Å²) in [5.41, 5.74) is 4.26. The second-order valence-electron chi connectivity index (χ2n) is 8.26. The Bertz CT molecular complexity index is 997. The van der Waals surface area contributed by atoms with Crippen molar-refractivity contribution in [3.8, 4) is 0 Å². The van der Waals surface area contributed by atoms with E-state index in [1.54, 1.807) is 0 Å². The van der Waals surface area contributed by atoms with Gasteiger partial charge in [-0.3, -0.25) is 14.4 Å². The third-order valence-corrected chi connectivity index (χ3v) is 5.86. The molecule has 32 heavy (non-hydrogen) atoms. The van der Waals surface area contributed by atoms with Gasteiger partial charge < -0.3 is 15.0 Å². The van der Waals surface area contributed by atoms with Crippen LogP contribution in [0.25, 0.3) is 0 Å². The molecule has 0 aliphatic carbocycles. The lowest BCUT2D eigenvalue weighted by molar-refractivity contribution is -0.120. The molecule has 0 spiro atoms. The topological polar surface area (TPSA) is 62.6 Å². The largest absolute Gasteiger partial charge is 0.378 e. The molecule has 1 aliphatic rings. The zero-order chi connectivity index (χ0) is 22.3. The Morgan fingerprint density at radius 2 is 1.81 bits per heavy atom. The van der Waals surface area contributed by atoms with Crippen LogP contribution in [0.2, 0.25) is 0 Å². The molecule has 168 valence electrons. The molecule has 2 aromatic carbocycles. The van der Waals surface area contributed by atoms with Gasteiger partial charge in [-0.2, -0.15) is 5.10 Å². The average molecular weight is 434 g/mol. The quantitative estimate of drug-likeness (QED) is 0.591. The monoisotopic (exact) mass is 433 g/mol.